The first kappa shape index (κ1) is 17.6. The Kier molecular flexibility index (Phi) is 5.77. The minimum Gasteiger partial charge on any atom is -0.301 e. The lowest BCUT2D eigenvalue weighted by atomic mass is 10.2. The molecule has 0 unspecified atom stereocenters. The Hall–Kier alpha value is -2.26. The summed E-state index contributed by atoms with van der Waals surface area (Å²) in [5, 5.41) is 8.40. The number of nitrogens with zero attached hydrogens (tertiary/aromatic N) is 7. The molecule has 3 heterocycles. The second-order valence-electron chi connectivity index (χ2n) is 6.30. The van der Waals surface area contributed by atoms with Crippen molar-refractivity contribution in [3.05, 3.63) is 39.3 Å². The van der Waals surface area contributed by atoms with Crippen LogP contribution in [0, 0.1) is 0 Å². The topological polar surface area (TPSA) is 79.0 Å². The van der Waals surface area contributed by atoms with Crippen LogP contribution < -0.4 is 11.2 Å². The van der Waals surface area contributed by atoms with Gasteiger partial charge < -0.3 is 4.90 Å². The van der Waals surface area contributed by atoms with Gasteiger partial charge in [0.15, 0.2) is 0 Å². The molecule has 1 aromatic heterocycles. The highest BCUT2D eigenvalue weighted by atomic mass is 16.2. The summed E-state index contributed by atoms with van der Waals surface area (Å²) >= 11 is 0. The second kappa shape index (κ2) is 8.21. The molecule has 0 atom stereocenters. The third kappa shape index (κ3) is 4.43. The van der Waals surface area contributed by atoms with Gasteiger partial charge in [-0.25, -0.2) is 14.5 Å². The van der Waals surface area contributed by atoms with Gasteiger partial charge in [0.25, 0.3) is 5.56 Å². The molecule has 0 radical (unpaired) electrons. The molecule has 2 aliphatic rings. The number of allylic oxidation sites excluding steroid dienone is 1. The van der Waals surface area contributed by atoms with Crippen LogP contribution in [-0.2, 0) is 13.6 Å². The summed E-state index contributed by atoms with van der Waals surface area (Å²) in [6.07, 6.45) is 8.93. The third-order valence-electron chi connectivity index (χ3n) is 4.63. The summed E-state index contributed by atoms with van der Waals surface area (Å²) in [5.74, 6) is 0. The zero-order valence-electron chi connectivity index (χ0n) is 14.6. The highest BCUT2D eigenvalue weighted by Crippen LogP contribution is 2.09. The van der Waals surface area contributed by atoms with Gasteiger partial charge in [0.1, 0.15) is 12.9 Å². The van der Waals surface area contributed by atoms with Crippen LogP contribution >= 0.6 is 0 Å². The lowest BCUT2D eigenvalue weighted by molar-refractivity contribution is -0.0198. The van der Waals surface area contributed by atoms with Gasteiger partial charge in [0, 0.05) is 52.2 Å². The van der Waals surface area contributed by atoms with E-state index in [9.17, 15) is 9.59 Å². The van der Waals surface area contributed by atoms with Crippen LogP contribution in [0.2, 0.25) is 0 Å². The standard InChI is InChI=1S/C16H25N7O2/c1-19-15(24)13-18-23(16(19)25)8-3-2-6-20-9-11-21(12-10-20)22-7-4-5-17-14-22/h4-5,7,13H,2-3,6,8-12,14H2,1H3. The van der Waals surface area contributed by atoms with Gasteiger partial charge >= 0.3 is 5.69 Å². The van der Waals surface area contributed by atoms with E-state index in [1.165, 1.54) is 17.9 Å². The Balaban J connectivity index is 1.37. The van der Waals surface area contributed by atoms with Crippen LogP contribution in [-0.4, -0.2) is 74.9 Å². The molecule has 1 fully saturated rings. The predicted molar refractivity (Wildman–Crippen MR) is 95.3 cm³/mol. The Labute approximate surface area is 146 Å². The number of aromatic nitrogens is 3. The highest BCUT2D eigenvalue weighted by Gasteiger charge is 2.20. The molecule has 0 aromatic carbocycles. The van der Waals surface area contributed by atoms with Crippen molar-refractivity contribution in [2.24, 2.45) is 12.0 Å². The Morgan fingerprint density at radius 2 is 1.84 bits per heavy atom. The predicted octanol–water partition coefficient (Wildman–Crippen LogP) is -0.888. The number of aryl methyl sites for hydroxylation is 1. The molecular weight excluding hydrogens is 322 g/mol. The zero-order valence-corrected chi connectivity index (χ0v) is 14.6. The van der Waals surface area contributed by atoms with Crippen LogP contribution in [0.15, 0.2) is 33.1 Å². The summed E-state index contributed by atoms with van der Waals surface area (Å²) in [4.78, 5) is 29.9. The van der Waals surface area contributed by atoms with E-state index in [-0.39, 0.29) is 11.2 Å². The van der Waals surface area contributed by atoms with E-state index in [4.69, 9.17) is 0 Å². The van der Waals surface area contributed by atoms with Gasteiger partial charge in [-0.1, -0.05) is 0 Å². The van der Waals surface area contributed by atoms with Crippen molar-refractivity contribution in [1.82, 2.24) is 29.3 Å². The molecule has 0 saturated carbocycles. The van der Waals surface area contributed by atoms with Crippen molar-refractivity contribution >= 4 is 6.21 Å². The van der Waals surface area contributed by atoms with E-state index in [0.717, 1.165) is 50.1 Å². The van der Waals surface area contributed by atoms with Crippen molar-refractivity contribution in [3.8, 4) is 0 Å². The van der Waals surface area contributed by atoms with E-state index >= 15 is 0 Å². The molecule has 0 bridgehead atoms. The number of aliphatic imine (C=N–C) groups is 1. The molecule has 3 rings (SSSR count). The van der Waals surface area contributed by atoms with E-state index in [0.29, 0.717) is 13.2 Å². The monoisotopic (exact) mass is 347 g/mol. The molecule has 0 N–H and O–H groups in total. The quantitative estimate of drug-likeness (QED) is 0.622. The van der Waals surface area contributed by atoms with E-state index in [1.54, 1.807) is 0 Å². The van der Waals surface area contributed by atoms with Crippen molar-refractivity contribution in [3.63, 3.8) is 0 Å². The summed E-state index contributed by atoms with van der Waals surface area (Å²) in [7, 11) is 1.48. The fourth-order valence-corrected chi connectivity index (χ4v) is 3.05. The minimum atomic E-state index is -0.367. The molecule has 9 nitrogen and oxygen atoms in total. The molecule has 0 amide bonds. The molecular formula is C16H25N7O2. The van der Waals surface area contributed by atoms with Gasteiger partial charge in [0.2, 0.25) is 0 Å². The first-order valence-electron chi connectivity index (χ1n) is 8.69. The molecule has 25 heavy (non-hydrogen) atoms. The molecule has 1 aromatic rings. The summed E-state index contributed by atoms with van der Waals surface area (Å²) in [5.41, 5.74) is -0.716. The molecule has 1 saturated heterocycles. The molecule has 2 aliphatic heterocycles. The number of piperazine rings is 1. The van der Waals surface area contributed by atoms with E-state index < -0.39 is 0 Å². The van der Waals surface area contributed by atoms with Gasteiger partial charge in [0.05, 0.1) is 0 Å². The van der Waals surface area contributed by atoms with Crippen molar-refractivity contribution < 1.29 is 0 Å². The summed E-state index contributed by atoms with van der Waals surface area (Å²) < 4.78 is 2.45. The van der Waals surface area contributed by atoms with E-state index in [2.05, 4.69) is 31.2 Å². The maximum atomic E-state index is 11.9. The molecule has 0 spiro atoms. The number of unbranched alkanes of at least 4 members (excludes halogenated alkanes) is 1. The lowest BCUT2D eigenvalue weighted by Gasteiger charge is -2.40. The normalized spacial score (nSPS) is 18.8. The van der Waals surface area contributed by atoms with Gasteiger partial charge in [-0.15, -0.1) is 0 Å². The van der Waals surface area contributed by atoms with Crippen LogP contribution in [0.5, 0.6) is 0 Å². The fourth-order valence-electron chi connectivity index (χ4n) is 3.05. The summed E-state index contributed by atoms with van der Waals surface area (Å²) in [6, 6.07) is 0. The lowest BCUT2D eigenvalue weighted by Crippen LogP contribution is -2.52. The molecule has 136 valence electrons. The van der Waals surface area contributed by atoms with Gasteiger partial charge in [-0.05, 0) is 25.5 Å². The Morgan fingerprint density at radius 3 is 2.56 bits per heavy atom. The van der Waals surface area contributed by atoms with Crippen LogP contribution in [0.25, 0.3) is 0 Å². The zero-order chi connectivity index (χ0) is 17.6. The number of rotatable bonds is 6. The maximum absolute atomic E-state index is 11.9. The minimum absolute atomic E-state index is 0.349. The van der Waals surface area contributed by atoms with Crippen molar-refractivity contribution in [1.29, 1.82) is 0 Å². The largest absolute Gasteiger partial charge is 0.347 e. The number of hydrogen-bond donors (Lipinski definition) is 0. The average Bonchev–Trinajstić information content (AvgIpc) is 2.66. The van der Waals surface area contributed by atoms with Crippen molar-refractivity contribution in [2.45, 2.75) is 19.4 Å². The first-order valence-corrected chi connectivity index (χ1v) is 8.69. The van der Waals surface area contributed by atoms with Crippen LogP contribution in [0.4, 0.5) is 0 Å². The SMILES string of the molecule is Cn1c(=O)cnn(CCCCN2CCN(N3C=CC=NC3)CC2)c1=O. The Bertz CT molecular complexity index is 744. The molecule has 9 heteroatoms. The first-order chi connectivity index (χ1) is 12.1. The maximum Gasteiger partial charge on any atom is 0.347 e. The third-order valence-corrected chi connectivity index (χ3v) is 4.63. The smallest absolute Gasteiger partial charge is 0.301 e. The highest BCUT2D eigenvalue weighted by molar-refractivity contribution is 5.71. The fraction of sp³-hybridized carbons (Fsp3) is 0.625. The van der Waals surface area contributed by atoms with Gasteiger partial charge in [-0.3, -0.25) is 19.4 Å². The second-order valence-corrected chi connectivity index (χ2v) is 6.30. The van der Waals surface area contributed by atoms with E-state index in [1.807, 2.05) is 12.3 Å². The van der Waals surface area contributed by atoms with Crippen molar-refractivity contribution in [2.75, 3.05) is 39.4 Å². The molecule has 0 aliphatic carbocycles. The van der Waals surface area contributed by atoms with Gasteiger partial charge in [-0.2, -0.15) is 5.10 Å². The van der Waals surface area contributed by atoms with Crippen LogP contribution in [0.3, 0.4) is 0 Å². The Morgan fingerprint density at radius 1 is 1.08 bits per heavy atom. The average molecular weight is 347 g/mol. The van der Waals surface area contributed by atoms with Crippen LogP contribution in [0.1, 0.15) is 12.8 Å². The summed E-state index contributed by atoms with van der Waals surface area (Å²) in [6.45, 7) is 6.34. The number of hydrazine groups is 1. The number of hydrogen-bond acceptors (Lipinski definition) is 7.